The lowest BCUT2D eigenvalue weighted by Gasteiger charge is -2.38. The maximum absolute atomic E-state index is 12.8. The summed E-state index contributed by atoms with van der Waals surface area (Å²) in [5.74, 6) is 0.639. The molecule has 0 saturated carbocycles. The first kappa shape index (κ1) is 25.3. The van der Waals surface area contributed by atoms with Gasteiger partial charge in [0.25, 0.3) is 5.91 Å². The molecule has 0 spiro atoms. The van der Waals surface area contributed by atoms with Gasteiger partial charge in [-0.3, -0.25) is 4.79 Å². The van der Waals surface area contributed by atoms with Crippen molar-refractivity contribution in [1.29, 1.82) is 0 Å². The number of aliphatic hydroxyl groups excluding tert-OH is 1. The first-order valence-corrected chi connectivity index (χ1v) is 11.1. The van der Waals surface area contributed by atoms with Gasteiger partial charge < -0.3 is 29.4 Å². The number of hydrogen-bond acceptors (Lipinski definition) is 6. The van der Waals surface area contributed by atoms with Crippen LogP contribution in [0.4, 0.5) is 0 Å². The second kappa shape index (κ2) is 14.2. The van der Waals surface area contributed by atoms with E-state index in [1.165, 1.54) is 0 Å². The smallest absolute Gasteiger partial charge is 0.286 e. The van der Waals surface area contributed by atoms with E-state index in [-0.39, 0.29) is 24.3 Å². The van der Waals surface area contributed by atoms with Crippen LogP contribution >= 0.6 is 0 Å². The summed E-state index contributed by atoms with van der Waals surface area (Å²) < 4.78 is 22.8. The second-order valence-electron chi connectivity index (χ2n) is 7.86. The number of benzene rings is 1. The highest BCUT2D eigenvalue weighted by Gasteiger charge is 2.38. The van der Waals surface area contributed by atoms with Crippen LogP contribution in [0, 0.1) is 17.8 Å². The van der Waals surface area contributed by atoms with Crippen LogP contribution in [0.3, 0.4) is 0 Å². The van der Waals surface area contributed by atoms with Gasteiger partial charge in [-0.2, -0.15) is 0 Å². The van der Waals surface area contributed by atoms with Crippen molar-refractivity contribution >= 4 is 5.91 Å². The molecule has 1 aromatic rings. The molecule has 0 aromatic heterocycles. The minimum Gasteiger partial charge on any atom is -0.459 e. The Morgan fingerprint density at radius 2 is 1.84 bits per heavy atom. The Bertz CT molecular complexity index is 663. The van der Waals surface area contributed by atoms with E-state index in [2.05, 4.69) is 19.2 Å². The number of aliphatic hydroxyl groups is 1. The fraction of sp³-hybridized carbons (Fsp3) is 0.625. The number of nitrogens with one attached hydrogen (secondary N) is 1. The van der Waals surface area contributed by atoms with Gasteiger partial charge in [0.15, 0.2) is 5.76 Å². The number of rotatable bonds is 14. The molecule has 0 unspecified atom stereocenters. The molecule has 174 valence electrons. The van der Waals surface area contributed by atoms with Crippen molar-refractivity contribution in [2.75, 3.05) is 39.6 Å². The highest BCUT2D eigenvalue weighted by atomic mass is 16.7. The molecule has 0 fully saturated rings. The number of carbonyl (C=O) groups is 1. The molecule has 1 aliphatic heterocycles. The molecule has 7 nitrogen and oxygen atoms in total. The van der Waals surface area contributed by atoms with Gasteiger partial charge >= 0.3 is 0 Å². The summed E-state index contributed by atoms with van der Waals surface area (Å²) in [5, 5.41) is 11.7. The monoisotopic (exact) mass is 435 g/mol. The molecule has 1 aromatic carbocycles. The van der Waals surface area contributed by atoms with E-state index in [0.29, 0.717) is 51.3 Å². The zero-order chi connectivity index (χ0) is 22.5. The van der Waals surface area contributed by atoms with Crippen LogP contribution in [0.25, 0.3) is 0 Å². The highest BCUT2D eigenvalue weighted by Crippen LogP contribution is 2.36. The zero-order valence-corrected chi connectivity index (χ0v) is 18.9. The van der Waals surface area contributed by atoms with Crippen molar-refractivity contribution in [2.24, 2.45) is 17.8 Å². The predicted molar refractivity (Wildman–Crippen MR) is 118 cm³/mol. The number of ether oxygens (including phenoxy) is 4. The van der Waals surface area contributed by atoms with Crippen molar-refractivity contribution in [3.8, 4) is 0 Å². The summed E-state index contributed by atoms with van der Waals surface area (Å²) in [6, 6.07) is 9.79. The first-order valence-electron chi connectivity index (χ1n) is 11.1. The highest BCUT2D eigenvalue weighted by molar-refractivity contribution is 5.91. The molecule has 0 saturated heterocycles. The third-order valence-electron chi connectivity index (χ3n) is 5.25. The number of hydrogen-bond donors (Lipinski definition) is 2. The van der Waals surface area contributed by atoms with Gasteiger partial charge in [0.2, 0.25) is 6.29 Å². The minimum absolute atomic E-state index is 0.0130. The van der Waals surface area contributed by atoms with E-state index in [1.54, 1.807) is 0 Å². The minimum atomic E-state index is -0.492. The number of carbonyl (C=O) groups excluding carboxylic acids is 1. The van der Waals surface area contributed by atoms with E-state index in [1.807, 2.05) is 43.3 Å². The van der Waals surface area contributed by atoms with Gasteiger partial charge in [0.05, 0.1) is 26.4 Å². The molecule has 1 aliphatic rings. The van der Waals surface area contributed by atoms with Crippen LogP contribution < -0.4 is 5.32 Å². The predicted octanol–water partition coefficient (Wildman–Crippen LogP) is 2.88. The molecule has 1 heterocycles. The number of amides is 1. The van der Waals surface area contributed by atoms with Crippen molar-refractivity contribution in [2.45, 2.75) is 40.0 Å². The van der Waals surface area contributed by atoms with Crippen molar-refractivity contribution in [3.63, 3.8) is 0 Å². The lowest BCUT2D eigenvalue weighted by atomic mass is 9.79. The zero-order valence-electron chi connectivity index (χ0n) is 18.9. The largest absolute Gasteiger partial charge is 0.459 e. The van der Waals surface area contributed by atoms with Crippen LogP contribution in [0.5, 0.6) is 0 Å². The second-order valence-corrected chi connectivity index (χ2v) is 7.86. The molecule has 0 aliphatic carbocycles. The Morgan fingerprint density at radius 1 is 1.13 bits per heavy atom. The Labute approximate surface area is 185 Å². The van der Waals surface area contributed by atoms with Gasteiger partial charge in [-0.05, 0) is 36.8 Å². The van der Waals surface area contributed by atoms with Gasteiger partial charge in [0.1, 0.15) is 0 Å². The fourth-order valence-corrected chi connectivity index (χ4v) is 3.67. The fourth-order valence-electron chi connectivity index (χ4n) is 3.67. The average molecular weight is 436 g/mol. The third kappa shape index (κ3) is 8.61. The van der Waals surface area contributed by atoms with E-state index >= 15 is 0 Å². The lowest BCUT2D eigenvalue weighted by molar-refractivity contribution is -0.177. The topological polar surface area (TPSA) is 86.3 Å². The van der Waals surface area contributed by atoms with E-state index < -0.39 is 6.29 Å². The molecule has 2 rings (SSSR count). The molecular formula is C24H37NO6. The van der Waals surface area contributed by atoms with Crippen LogP contribution in [0.15, 0.2) is 42.2 Å². The summed E-state index contributed by atoms with van der Waals surface area (Å²) >= 11 is 0. The molecule has 1 amide bonds. The molecule has 31 heavy (non-hydrogen) atoms. The van der Waals surface area contributed by atoms with Gasteiger partial charge in [-0.25, -0.2) is 0 Å². The van der Waals surface area contributed by atoms with Crippen LogP contribution in [-0.2, 0) is 30.3 Å². The maximum Gasteiger partial charge on any atom is 0.286 e. The number of allylic oxidation sites excluding steroid dienone is 1. The summed E-state index contributed by atoms with van der Waals surface area (Å²) in [7, 11) is 0. The lowest BCUT2D eigenvalue weighted by Crippen LogP contribution is -2.41. The van der Waals surface area contributed by atoms with E-state index in [9.17, 15) is 4.79 Å². The molecular weight excluding hydrogens is 398 g/mol. The molecule has 7 heteroatoms. The maximum atomic E-state index is 12.8. The first-order chi connectivity index (χ1) is 15.1. The van der Waals surface area contributed by atoms with Gasteiger partial charge in [0, 0.05) is 25.7 Å². The van der Waals surface area contributed by atoms with E-state index in [0.717, 1.165) is 12.0 Å². The van der Waals surface area contributed by atoms with Gasteiger partial charge in [-0.1, -0.05) is 44.2 Å². The van der Waals surface area contributed by atoms with Crippen molar-refractivity contribution in [3.05, 3.63) is 47.7 Å². The summed E-state index contributed by atoms with van der Waals surface area (Å²) in [6.07, 6.45) is 2.20. The van der Waals surface area contributed by atoms with Crippen LogP contribution in [-0.4, -0.2) is 56.9 Å². The Kier molecular flexibility index (Phi) is 11.6. The molecule has 2 N–H and O–H groups in total. The molecule has 0 radical (unpaired) electrons. The Balaban J connectivity index is 1.97. The molecule has 0 bridgehead atoms. The standard InChI is InChI=1S/C24H37NO6/c1-4-30-24-20(10-12-28-14-15-29-13-11-26)21(18(2)3)16-22(31-24)23(27)25-17-19-8-6-5-7-9-19/h5-9,16,18,20-21,24,26H,4,10-15,17H2,1-3H3,(H,25,27)/t20-,21+,24+/m0/s1. The summed E-state index contributed by atoms with van der Waals surface area (Å²) in [6.45, 7) is 8.97. The Hall–Kier alpha value is -1.93. The quantitative estimate of drug-likeness (QED) is 0.437. The summed E-state index contributed by atoms with van der Waals surface area (Å²) in [4.78, 5) is 12.8. The SMILES string of the molecule is CCO[C@@H]1OC(C(=O)NCc2ccccc2)=C[C@H](C(C)C)[C@@H]1CCOCCOCCO. The van der Waals surface area contributed by atoms with E-state index in [4.69, 9.17) is 24.1 Å². The Morgan fingerprint density at radius 3 is 2.48 bits per heavy atom. The van der Waals surface area contributed by atoms with Crippen molar-refractivity contribution in [1.82, 2.24) is 5.32 Å². The molecule has 3 atom stereocenters. The van der Waals surface area contributed by atoms with Crippen LogP contribution in [0.2, 0.25) is 0 Å². The third-order valence-corrected chi connectivity index (χ3v) is 5.25. The van der Waals surface area contributed by atoms with Crippen LogP contribution in [0.1, 0.15) is 32.8 Å². The summed E-state index contributed by atoms with van der Waals surface area (Å²) in [5.41, 5.74) is 1.03. The van der Waals surface area contributed by atoms with Gasteiger partial charge in [-0.15, -0.1) is 0 Å². The van der Waals surface area contributed by atoms with Crippen molar-refractivity contribution < 1.29 is 28.8 Å². The normalized spacial score (nSPS) is 20.9. The average Bonchev–Trinajstić information content (AvgIpc) is 2.78.